The molecule has 1 heterocycles. The lowest BCUT2D eigenvalue weighted by atomic mass is 10.1. The van der Waals surface area contributed by atoms with Gasteiger partial charge >= 0.3 is 5.97 Å². The van der Waals surface area contributed by atoms with Crippen molar-refractivity contribution in [3.05, 3.63) is 29.8 Å². The first-order valence-corrected chi connectivity index (χ1v) is 5.90. The molecule has 0 bridgehead atoms. The second-order valence-electron chi connectivity index (χ2n) is 4.01. The highest BCUT2D eigenvalue weighted by molar-refractivity contribution is 5.96. The van der Waals surface area contributed by atoms with Gasteiger partial charge in [0.05, 0.1) is 31.5 Å². The Morgan fingerprint density at radius 3 is 2.33 bits per heavy atom. The zero-order valence-electron chi connectivity index (χ0n) is 11.5. The van der Waals surface area contributed by atoms with Crippen LogP contribution < -0.4 is 20.5 Å². The summed E-state index contributed by atoms with van der Waals surface area (Å²) in [5, 5.41) is 12.0. The summed E-state index contributed by atoms with van der Waals surface area (Å²) < 4.78 is 10.0. The molecule has 1 aromatic carbocycles. The summed E-state index contributed by atoms with van der Waals surface area (Å²) in [6, 6.07) is 5.97. The van der Waals surface area contributed by atoms with Crippen LogP contribution in [0.15, 0.2) is 24.3 Å². The monoisotopic (exact) mass is 290 g/mol. The van der Waals surface area contributed by atoms with E-state index in [0.29, 0.717) is 11.4 Å². The predicted octanol–water partition coefficient (Wildman–Crippen LogP) is 1.52. The molecule has 0 saturated heterocycles. The van der Waals surface area contributed by atoms with Gasteiger partial charge < -0.3 is 25.6 Å². The summed E-state index contributed by atoms with van der Waals surface area (Å²) in [5.41, 5.74) is 6.26. The number of benzene rings is 1. The number of ether oxygens (including phenoxy) is 2. The number of nitrogens with one attached hydrogen (secondary N) is 1. The van der Waals surface area contributed by atoms with Gasteiger partial charge in [0, 0.05) is 5.69 Å². The first-order chi connectivity index (χ1) is 10.0. The Kier molecular flexibility index (Phi) is 4.07. The van der Waals surface area contributed by atoms with E-state index in [0.717, 1.165) is 0 Å². The van der Waals surface area contributed by atoms with Gasteiger partial charge in [-0.05, 0) is 18.2 Å². The Balaban J connectivity index is 2.40. The molecule has 0 aliphatic carbocycles. The first kappa shape index (κ1) is 14.4. The minimum atomic E-state index is -1.11. The molecule has 0 spiro atoms. The Bertz CT molecular complexity index is 653. The third-order valence-corrected chi connectivity index (χ3v) is 2.62. The first-order valence-electron chi connectivity index (χ1n) is 5.90. The molecule has 110 valence electrons. The van der Waals surface area contributed by atoms with Crippen LogP contribution in [0.4, 0.5) is 17.3 Å². The minimum absolute atomic E-state index is 0.0142. The zero-order valence-corrected chi connectivity index (χ0v) is 11.5. The van der Waals surface area contributed by atoms with E-state index in [1.54, 1.807) is 6.07 Å². The van der Waals surface area contributed by atoms with Crippen LogP contribution in [-0.2, 0) is 0 Å². The molecular formula is C13H14N4O4. The van der Waals surface area contributed by atoms with Gasteiger partial charge in [-0.1, -0.05) is 0 Å². The summed E-state index contributed by atoms with van der Waals surface area (Å²) >= 11 is 0. The molecule has 0 radical (unpaired) electrons. The average molecular weight is 290 g/mol. The highest BCUT2D eigenvalue weighted by atomic mass is 16.5. The van der Waals surface area contributed by atoms with Gasteiger partial charge in [0.1, 0.15) is 0 Å². The molecule has 2 aromatic rings. The number of nitrogen functional groups attached to an aromatic ring is 1. The number of rotatable bonds is 5. The topological polar surface area (TPSA) is 120 Å². The number of nitrogens with zero attached hydrogens (tertiary/aromatic N) is 2. The van der Waals surface area contributed by atoms with E-state index in [9.17, 15) is 9.90 Å². The van der Waals surface area contributed by atoms with Crippen LogP contribution in [-0.4, -0.2) is 35.3 Å². The summed E-state index contributed by atoms with van der Waals surface area (Å²) in [6.45, 7) is 0. The fraction of sp³-hybridized carbons (Fsp3) is 0.154. The number of hydrogen-bond acceptors (Lipinski definition) is 7. The normalized spacial score (nSPS) is 10.0. The van der Waals surface area contributed by atoms with Gasteiger partial charge in [0.15, 0.2) is 0 Å². The van der Waals surface area contributed by atoms with Crippen LogP contribution >= 0.6 is 0 Å². The van der Waals surface area contributed by atoms with Crippen molar-refractivity contribution >= 4 is 23.3 Å². The number of aromatic carboxylic acids is 1. The second kappa shape index (κ2) is 5.95. The van der Waals surface area contributed by atoms with Crippen molar-refractivity contribution in [3.8, 4) is 11.8 Å². The van der Waals surface area contributed by atoms with E-state index >= 15 is 0 Å². The van der Waals surface area contributed by atoms with Gasteiger partial charge in [-0.25, -0.2) is 4.79 Å². The van der Waals surface area contributed by atoms with Crippen molar-refractivity contribution in [1.82, 2.24) is 9.97 Å². The number of carboxylic acid groups (broad SMARTS) is 1. The molecule has 0 aliphatic heterocycles. The van der Waals surface area contributed by atoms with E-state index in [1.165, 1.54) is 32.4 Å². The number of nitrogens with two attached hydrogens (primary N) is 1. The largest absolute Gasteiger partial charge is 0.481 e. The van der Waals surface area contributed by atoms with Crippen molar-refractivity contribution in [2.24, 2.45) is 0 Å². The fourth-order valence-corrected chi connectivity index (χ4v) is 1.64. The van der Waals surface area contributed by atoms with Crippen molar-refractivity contribution < 1.29 is 19.4 Å². The SMILES string of the molecule is COc1cc(OC)nc(Nc2ccc(N)cc2C(=O)O)n1. The third-order valence-electron chi connectivity index (χ3n) is 2.62. The van der Waals surface area contributed by atoms with Gasteiger partial charge in [-0.15, -0.1) is 0 Å². The van der Waals surface area contributed by atoms with Gasteiger partial charge in [-0.3, -0.25) is 0 Å². The van der Waals surface area contributed by atoms with Gasteiger partial charge in [-0.2, -0.15) is 9.97 Å². The Labute approximate surface area is 120 Å². The summed E-state index contributed by atoms with van der Waals surface area (Å²) in [6.07, 6.45) is 0. The molecule has 2 rings (SSSR count). The molecule has 0 amide bonds. The molecule has 0 saturated carbocycles. The lowest BCUT2D eigenvalue weighted by Gasteiger charge is -2.10. The van der Waals surface area contributed by atoms with Crippen LogP contribution in [0.2, 0.25) is 0 Å². The molecule has 4 N–H and O–H groups in total. The van der Waals surface area contributed by atoms with Crippen molar-refractivity contribution in [3.63, 3.8) is 0 Å². The number of hydrogen-bond donors (Lipinski definition) is 3. The number of methoxy groups -OCH3 is 2. The van der Waals surface area contributed by atoms with Crippen LogP contribution in [0.3, 0.4) is 0 Å². The third kappa shape index (κ3) is 3.30. The predicted molar refractivity (Wildman–Crippen MR) is 76.2 cm³/mol. The molecule has 8 nitrogen and oxygen atoms in total. The summed E-state index contributed by atoms with van der Waals surface area (Å²) in [5.74, 6) is -0.383. The van der Waals surface area contributed by atoms with E-state index in [4.69, 9.17) is 15.2 Å². The highest BCUT2D eigenvalue weighted by Crippen LogP contribution is 2.24. The van der Waals surface area contributed by atoms with Crippen molar-refractivity contribution in [1.29, 1.82) is 0 Å². The van der Waals surface area contributed by atoms with E-state index in [1.807, 2.05) is 0 Å². The second-order valence-corrected chi connectivity index (χ2v) is 4.01. The maximum atomic E-state index is 11.2. The molecule has 21 heavy (non-hydrogen) atoms. The smallest absolute Gasteiger partial charge is 0.337 e. The fourth-order valence-electron chi connectivity index (χ4n) is 1.64. The lowest BCUT2D eigenvalue weighted by molar-refractivity contribution is 0.0698. The van der Waals surface area contributed by atoms with E-state index in [2.05, 4.69) is 15.3 Å². The Morgan fingerprint density at radius 1 is 1.19 bits per heavy atom. The van der Waals surface area contributed by atoms with E-state index in [-0.39, 0.29) is 23.3 Å². The molecule has 8 heteroatoms. The van der Waals surface area contributed by atoms with Crippen LogP contribution in [0.25, 0.3) is 0 Å². The Hall–Kier alpha value is -3.03. The summed E-state index contributed by atoms with van der Waals surface area (Å²) in [4.78, 5) is 19.4. The maximum absolute atomic E-state index is 11.2. The number of aromatic nitrogens is 2. The molecule has 0 fully saturated rings. The quantitative estimate of drug-likeness (QED) is 0.709. The van der Waals surface area contributed by atoms with Crippen LogP contribution in [0.1, 0.15) is 10.4 Å². The number of carboxylic acids is 1. The average Bonchev–Trinajstić information content (AvgIpc) is 2.48. The molecular weight excluding hydrogens is 276 g/mol. The van der Waals surface area contributed by atoms with E-state index < -0.39 is 5.97 Å². The molecule has 0 atom stereocenters. The molecule has 0 aliphatic rings. The van der Waals surface area contributed by atoms with Gasteiger partial charge in [0.25, 0.3) is 0 Å². The standard InChI is InChI=1S/C13H14N4O4/c1-20-10-6-11(21-2)17-13(16-10)15-9-4-3-7(14)5-8(9)12(18)19/h3-6H,14H2,1-2H3,(H,18,19)(H,15,16,17). The Morgan fingerprint density at radius 2 is 1.81 bits per heavy atom. The lowest BCUT2D eigenvalue weighted by Crippen LogP contribution is -2.06. The number of anilines is 3. The zero-order chi connectivity index (χ0) is 15.4. The van der Waals surface area contributed by atoms with Crippen LogP contribution in [0, 0.1) is 0 Å². The summed E-state index contributed by atoms with van der Waals surface area (Å²) in [7, 11) is 2.91. The molecule has 1 aromatic heterocycles. The maximum Gasteiger partial charge on any atom is 0.337 e. The van der Waals surface area contributed by atoms with Crippen LogP contribution in [0.5, 0.6) is 11.8 Å². The van der Waals surface area contributed by atoms with Gasteiger partial charge in [0.2, 0.25) is 17.7 Å². The molecule has 0 unspecified atom stereocenters. The minimum Gasteiger partial charge on any atom is -0.481 e. The highest BCUT2D eigenvalue weighted by Gasteiger charge is 2.13. The van der Waals surface area contributed by atoms with Crippen molar-refractivity contribution in [2.75, 3.05) is 25.3 Å². The van der Waals surface area contributed by atoms with Crippen molar-refractivity contribution in [2.45, 2.75) is 0 Å². The number of carbonyl (C=O) groups is 1.